The number of anilines is 1. The van der Waals surface area contributed by atoms with Crippen molar-refractivity contribution in [1.29, 1.82) is 0 Å². The molecule has 0 fully saturated rings. The summed E-state index contributed by atoms with van der Waals surface area (Å²) in [7, 11) is 0. The van der Waals surface area contributed by atoms with Crippen LogP contribution in [-0.2, 0) is 13.0 Å². The zero-order valence-corrected chi connectivity index (χ0v) is 9.46. The number of fused-ring (bicyclic) bond motifs is 2. The van der Waals surface area contributed by atoms with Crippen LogP contribution in [0.15, 0.2) is 42.5 Å². The molecule has 2 aromatic carbocycles. The summed E-state index contributed by atoms with van der Waals surface area (Å²) in [6, 6.07) is 15.2. The number of hydrogen-bond donors (Lipinski definition) is 1. The van der Waals surface area contributed by atoms with Gasteiger partial charge in [0, 0.05) is 18.7 Å². The Morgan fingerprint density at radius 3 is 2.69 bits per heavy atom. The van der Waals surface area contributed by atoms with Crippen LogP contribution in [0.25, 0.3) is 0 Å². The third-order valence-corrected chi connectivity index (χ3v) is 3.36. The number of nitrogens with one attached hydrogen (secondary N) is 1. The first kappa shape index (κ1) is 9.46. The van der Waals surface area contributed by atoms with Gasteiger partial charge in [0.2, 0.25) is 0 Å². The Labute approximate surface area is 96.1 Å². The van der Waals surface area contributed by atoms with Crippen molar-refractivity contribution in [1.82, 2.24) is 0 Å². The predicted molar refractivity (Wildman–Crippen MR) is 67.8 cm³/mol. The summed E-state index contributed by atoms with van der Waals surface area (Å²) in [5.74, 6) is 0. The Kier molecular flexibility index (Phi) is 2.17. The van der Waals surface area contributed by atoms with Gasteiger partial charge in [-0.3, -0.25) is 0 Å². The summed E-state index contributed by atoms with van der Waals surface area (Å²) in [4.78, 5) is 0. The van der Waals surface area contributed by atoms with E-state index in [9.17, 15) is 0 Å². The fourth-order valence-electron chi connectivity index (χ4n) is 2.41. The van der Waals surface area contributed by atoms with E-state index < -0.39 is 0 Å². The minimum absolute atomic E-state index is 0.939. The molecule has 1 aliphatic rings. The molecular weight excluding hydrogens is 194 g/mol. The molecule has 3 rings (SSSR count). The van der Waals surface area contributed by atoms with Crippen LogP contribution in [-0.4, -0.2) is 0 Å². The highest BCUT2D eigenvalue weighted by molar-refractivity contribution is 5.57. The quantitative estimate of drug-likeness (QED) is 0.700. The molecule has 80 valence electrons. The summed E-state index contributed by atoms with van der Waals surface area (Å²) in [5.41, 5.74) is 6.99. The summed E-state index contributed by atoms with van der Waals surface area (Å²) in [6.07, 6.45) is 1.05. The second kappa shape index (κ2) is 3.67. The van der Waals surface area contributed by atoms with Gasteiger partial charge in [0.05, 0.1) is 0 Å². The second-order valence-corrected chi connectivity index (χ2v) is 4.40. The van der Waals surface area contributed by atoms with Crippen LogP contribution >= 0.6 is 0 Å². The Hall–Kier alpha value is -1.76. The molecule has 2 aromatic rings. The molecule has 0 aromatic heterocycles. The first-order valence-corrected chi connectivity index (χ1v) is 5.74. The van der Waals surface area contributed by atoms with Crippen molar-refractivity contribution in [2.75, 3.05) is 5.32 Å². The van der Waals surface area contributed by atoms with Crippen LogP contribution in [0.4, 0.5) is 5.69 Å². The summed E-state index contributed by atoms with van der Waals surface area (Å²) in [6.45, 7) is 3.14. The van der Waals surface area contributed by atoms with Crippen molar-refractivity contribution in [3.63, 3.8) is 0 Å². The molecule has 1 nitrogen and oxygen atoms in total. The molecule has 0 spiro atoms. The first-order valence-electron chi connectivity index (χ1n) is 5.74. The smallest absolute Gasteiger partial charge is 0.0403 e. The zero-order chi connectivity index (χ0) is 11.0. The average molecular weight is 209 g/mol. The predicted octanol–water partition coefficient (Wildman–Crippen LogP) is 3.51. The normalized spacial score (nSPS) is 13.3. The van der Waals surface area contributed by atoms with Crippen molar-refractivity contribution in [2.45, 2.75) is 19.9 Å². The van der Waals surface area contributed by atoms with Gasteiger partial charge < -0.3 is 5.32 Å². The highest BCUT2D eigenvalue weighted by Crippen LogP contribution is 2.27. The Morgan fingerprint density at radius 1 is 0.938 bits per heavy atom. The van der Waals surface area contributed by atoms with Gasteiger partial charge in [-0.15, -0.1) is 0 Å². The first-order chi connectivity index (χ1) is 7.84. The van der Waals surface area contributed by atoms with Crippen LogP contribution in [0.2, 0.25) is 0 Å². The SMILES string of the molecule is Cc1cccc2c1Cc1ccccc1NC2. The maximum Gasteiger partial charge on any atom is 0.0403 e. The van der Waals surface area contributed by atoms with E-state index in [1.165, 1.54) is 27.9 Å². The van der Waals surface area contributed by atoms with Crippen molar-refractivity contribution in [2.24, 2.45) is 0 Å². The Morgan fingerprint density at radius 2 is 1.75 bits per heavy atom. The summed E-state index contributed by atoms with van der Waals surface area (Å²) >= 11 is 0. The molecule has 0 amide bonds. The van der Waals surface area contributed by atoms with Gasteiger partial charge in [0.15, 0.2) is 0 Å². The zero-order valence-electron chi connectivity index (χ0n) is 9.46. The van der Waals surface area contributed by atoms with Crippen molar-refractivity contribution in [3.05, 3.63) is 64.7 Å². The van der Waals surface area contributed by atoms with E-state index in [0.29, 0.717) is 0 Å². The molecule has 0 saturated carbocycles. The summed E-state index contributed by atoms with van der Waals surface area (Å²) in [5, 5.41) is 3.51. The molecule has 1 heterocycles. The fraction of sp³-hybridized carbons (Fsp3) is 0.200. The Bertz CT molecular complexity index is 529. The lowest BCUT2D eigenvalue weighted by Crippen LogP contribution is -1.99. The molecule has 1 heteroatoms. The lowest BCUT2D eigenvalue weighted by molar-refractivity contribution is 1.10. The van der Waals surface area contributed by atoms with Crippen LogP contribution in [0.5, 0.6) is 0 Å². The van der Waals surface area contributed by atoms with E-state index >= 15 is 0 Å². The second-order valence-electron chi connectivity index (χ2n) is 4.40. The number of aryl methyl sites for hydroxylation is 1. The van der Waals surface area contributed by atoms with Crippen LogP contribution < -0.4 is 5.32 Å². The average Bonchev–Trinajstić information content (AvgIpc) is 2.50. The van der Waals surface area contributed by atoms with Gasteiger partial charge in [-0.2, -0.15) is 0 Å². The highest BCUT2D eigenvalue weighted by Gasteiger charge is 2.13. The molecule has 0 saturated heterocycles. The van der Waals surface area contributed by atoms with Crippen LogP contribution in [0.3, 0.4) is 0 Å². The van der Waals surface area contributed by atoms with Gasteiger partial charge in [-0.1, -0.05) is 36.4 Å². The van der Waals surface area contributed by atoms with Gasteiger partial charge in [-0.25, -0.2) is 0 Å². The van der Waals surface area contributed by atoms with Crippen molar-refractivity contribution in [3.8, 4) is 0 Å². The molecule has 0 radical (unpaired) electrons. The van der Waals surface area contributed by atoms with Crippen molar-refractivity contribution >= 4 is 5.69 Å². The Balaban J connectivity index is 2.13. The van der Waals surface area contributed by atoms with Gasteiger partial charge in [-0.05, 0) is 35.2 Å². The maximum atomic E-state index is 3.51. The van der Waals surface area contributed by atoms with E-state index in [-0.39, 0.29) is 0 Å². The largest absolute Gasteiger partial charge is 0.381 e. The molecule has 0 aliphatic carbocycles. The topological polar surface area (TPSA) is 12.0 Å². The van der Waals surface area contributed by atoms with Crippen molar-refractivity contribution < 1.29 is 0 Å². The van der Waals surface area contributed by atoms with Gasteiger partial charge in [0.25, 0.3) is 0 Å². The number of rotatable bonds is 0. The maximum absolute atomic E-state index is 3.51. The summed E-state index contributed by atoms with van der Waals surface area (Å²) < 4.78 is 0. The lowest BCUT2D eigenvalue weighted by Gasteiger charge is -2.08. The third kappa shape index (κ3) is 1.49. The van der Waals surface area contributed by atoms with E-state index in [0.717, 1.165) is 13.0 Å². The minimum atomic E-state index is 0.939. The minimum Gasteiger partial charge on any atom is -0.381 e. The fourth-order valence-corrected chi connectivity index (χ4v) is 2.41. The molecule has 0 atom stereocenters. The molecule has 0 bridgehead atoms. The molecule has 16 heavy (non-hydrogen) atoms. The number of para-hydroxylation sites is 1. The van der Waals surface area contributed by atoms with Gasteiger partial charge in [0.1, 0.15) is 0 Å². The number of hydrogen-bond acceptors (Lipinski definition) is 1. The molecule has 0 unspecified atom stereocenters. The van der Waals surface area contributed by atoms with Crippen LogP contribution in [0, 0.1) is 6.92 Å². The standard InChI is InChI=1S/C15H15N/c1-11-5-4-7-13-10-16-15-8-3-2-6-12(15)9-14(11)13/h2-8,16H,9-10H2,1H3. The van der Waals surface area contributed by atoms with Gasteiger partial charge >= 0.3 is 0 Å². The monoisotopic (exact) mass is 209 g/mol. The molecular formula is C15H15N. The molecule has 1 aliphatic heterocycles. The highest BCUT2D eigenvalue weighted by atomic mass is 14.9. The lowest BCUT2D eigenvalue weighted by atomic mass is 9.96. The third-order valence-electron chi connectivity index (χ3n) is 3.36. The van der Waals surface area contributed by atoms with E-state index in [4.69, 9.17) is 0 Å². The van der Waals surface area contributed by atoms with E-state index in [2.05, 4.69) is 54.7 Å². The number of benzene rings is 2. The van der Waals surface area contributed by atoms with E-state index in [1.54, 1.807) is 0 Å². The van der Waals surface area contributed by atoms with Crippen LogP contribution in [0.1, 0.15) is 22.3 Å². The molecule has 1 N–H and O–H groups in total. The van der Waals surface area contributed by atoms with E-state index in [1.807, 2.05) is 0 Å².